The molecule has 60 heavy (non-hydrogen) atoms. The van der Waals surface area contributed by atoms with Crippen molar-refractivity contribution < 1.29 is 46.6 Å². The molecule has 18 heteroatoms. The molecule has 0 unspecified atom stereocenters. The predicted octanol–water partition coefficient (Wildman–Crippen LogP) is 6.02. The van der Waals surface area contributed by atoms with Gasteiger partial charge in [0.15, 0.2) is 6.10 Å². The van der Waals surface area contributed by atoms with Gasteiger partial charge in [-0.15, -0.1) is 0 Å². The van der Waals surface area contributed by atoms with E-state index in [9.17, 15) is 37.1 Å². The van der Waals surface area contributed by atoms with Crippen LogP contribution >= 0.6 is 11.6 Å². The largest absolute Gasteiger partial charge is 0.460 e. The van der Waals surface area contributed by atoms with Crippen LogP contribution in [0.4, 0.5) is 39.8 Å². The summed E-state index contributed by atoms with van der Waals surface area (Å²) in [6, 6.07) is 16.0. The molecule has 5 amide bonds. The van der Waals surface area contributed by atoms with E-state index in [1.165, 1.54) is 15.9 Å². The van der Waals surface area contributed by atoms with E-state index in [2.05, 4.69) is 5.32 Å². The van der Waals surface area contributed by atoms with E-state index in [1.807, 2.05) is 29.2 Å². The fourth-order valence-electron chi connectivity index (χ4n) is 8.12. The topological polar surface area (TPSA) is 158 Å². The fourth-order valence-corrected chi connectivity index (χ4v) is 8.36. The van der Waals surface area contributed by atoms with E-state index in [0.29, 0.717) is 57.5 Å². The van der Waals surface area contributed by atoms with Crippen molar-refractivity contribution in [3.63, 3.8) is 0 Å². The number of piperidine rings is 2. The number of fused-ring (bicyclic) bond motifs is 1. The Bertz CT molecular complexity index is 2090. The highest BCUT2D eigenvalue weighted by Gasteiger charge is 2.38. The number of hydrogen-bond acceptors (Lipinski definition) is 9. The summed E-state index contributed by atoms with van der Waals surface area (Å²) in [5, 5.41) is 2.57. The van der Waals surface area contributed by atoms with Crippen LogP contribution in [-0.2, 0) is 38.2 Å². The number of carbonyl (C=O) groups is 5. The van der Waals surface area contributed by atoms with Gasteiger partial charge in [0.1, 0.15) is 6.61 Å². The highest BCUT2D eigenvalue weighted by atomic mass is 35.5. The second-order valence-corrected chi connectivity index (χ2v) is 15.8. The van der Waals surface area contributed by atoms with E-state index >= 15 is 0 Å². The van der Waals surface area contributed by atoms with Crippen molar-refractivity contribution in [3.05, 3.63) is 87.9 Å². The summed E-state index contributed by atoms with van der Waals surface area (Å²) in [7, 11) is 0. The number of rotatable bonds is 10. The van der Waals surface area contributed by atoms with Gasteiger partial charge < -0.3 is 45.0 Å². The van der Waals surface area contributed by atoms with Gasteiger partial charge in [0.25, 0.3) is 5.91 Å². The standard InChI is InChI=1S/C42H47ClF3N7O7/c43-33-24-27(23-32(37(33)47)42(44,45)46)25-35(60-41(58)52-15-12-31(13-16-52)53-26-29-5-1-2-6-34(29)48-40(53)57)38(55)51-19-17-49(18-20-51)30-10-8-28(9-11-30)39(56)59-22-21-50-14-4-3-7-36(50)54/h1-2,5-6,8-11,23-24,31,35H,3-4,7,12-22,25-26,47H2,(H,48,57)/t35-/m1/s1. The van der Waals surface area contributed by atoms with Gasteiger partial charge in [-0.05, 0) is 79.3 Å². The second kappa shape index (κ2) is 18.3. The first-order valence-electron chi connectivity index (χ1n) is 20.1. The van der Waals surface area contributed by atoms with Crippen molar-refractivity contribution in [1.29, 1.82) is 0 Å². The van der Waals surface area contributed by atoms with Gasteiger partial charge >= 0.3 is 24.3 Å². The Morgan fingerprint density at radius 1 is 0.900 bits per heavy atom. The molecular formula is C42H47ClF3N7O7. The number of halogens is 4. The molecule has 7 rings (SSSR count). The number of hydrogen-bond donors (Lipinski definition) is 2. The van der Waals surface area contributed by atoms with Gasteiger partial charge in [-0.2, -0.15) is 13.2 Å². The lowest BCUT2D eigenvalue weighted by molar-refractivity contribution is -0.141. The van der Waals surface area contributed by atoms with Crippen molar-refractivity contribution in [2.75, 3.05) is 74.9 Å². The molecule has 4 aliphatic heterocycles. The zero-order valence-electron chi connectivity index (χ0n) is 32.9. The minimum atomic E-state index is -4.82. The Labute approximate surface area is 350 Å². The lowest BCUT2D eigenvalue weighted by atomic mass is 10.0. The quantitative estimate of drug-likeness (QED) is 0.184. The molecule has 0 aromatic heterocycles. The molecule has 320 valence electrons. The van der Waals surface area contributed by atoms with Crippen molar-refractivity contribution >= 4 is 58.6 Å². The number of para-hydroxylation sites is 1. The SMILES string of the molecule is Nc1c(Cl)cc(C[C@@H](OC(=O)N2CCC(N3Cc4ccccc4NC3=O)CC2)C(=O)N2CCN(c3ccc(C(=O)OCCN4CCCCC4=O)cc3)CC2)cc1C(F)(F)F. The van der Waals surface area contributed by atoms with Gasteiger partial charge in [0.2, 0.25) is 5.91 Å². The molecule has 3 N–H and O–H groups in total. The molecule has 14 nitrogen and oxygen atoms in total. The van der Waals surface area contributed by atoms with Crippen LogP contribution in [0.5, 0.6) is 0 Å². The number of piperazine rings is 1. The highest BCUT2D eigenvalue weighted by molar-refractivity contribution is 6.33. The van der Waals surface area contributed by atoms with E-state index in [4.69, 9.17) is 26.8 Å². The predicted molar refractivity (Wildman–Crippen MR) is 216 cm³/mol. The normalized spacial score (nSPS) is 18.2. The first-order chi connectivity index (χ1) is 28.7. The summed E-state index contributed by atoms with van der Waals surface area (Å²) in [5.74, 6) is -1.01. The molecule has 3 saturated heterocycles. The smallest absolute Gasteiger partial charge is 0.418 e. The number of esters is 1. The van der Waals surface area contributed by atoms with Crippen molar-refractivity contribution in [1.82, 2.24) is 19.6 Å². The number of alkyl halides is 3. The number of nitrogens with one attached hydrogen (secondary N) is 1. The number of carbonyl (C=O) groups excluding carboxylic acids is 5. The second-order valence-electron chi connectivity index (χ2n) is 15.4. The van der Waals surface area contributed by atoms with Gasteiger partial charge in [0.05, 0.1) is 28.4 Å². The van der Waals surface area contributed by atoms with Gasteiger partial charge in [0, 0.05) is 82.6 Å². The number of nitrogens with two attached hydrogens (primary N) is 1. The Balaban J connectivity index is 0.973. The summed E-state index contributed by atoms with van der Waals surface area (Å²) < 4.78 is 52.9. The van der Waals surface area contributed by atoms with Crippen molar-refractivity contribution in [3.8, 4) is 0 Å². The van der Waals surface area contributed by atoms with Gasteiger partial charge in [-0.3, -0.25) is 9.59 Å². The Hall–Kier alpha value is -5.71. The van der Waals surface area contributed by atoms with Crippen LogP contribution < -0.4 is 16.0 Å². The third-order valence-electron chi connectivity index (χ3n) is 11.5. The van der Waals surface area contributed by atoms with Crippen LogP contribution in [-0.4, -0.2) is 121 Å². The molecule has 4 heterocycles. The number of nitrogens with zero attached hydrogens (tertiary/aromatic N) is 5. The average molecular weight is 854 g/mol. The van der Waals surface area contributed by atoms with Crippen LogP contribution in [0.1, 0.15) is 59.2 Å². The monoisotopic (exact) mass is 853 g/mol. The number of nitrogen functional groups attached to an aromatic ring is 1. The summed E-state index contributed by atoms with van der Waals surface area (Å²) >= 11 is 6.13. The number of anilines is 3. The van der Waals surface area contributed by atoms with Gasteiger partial charge in [-0.1, -0.05) is 29.8 Å². The van der Waals surface area contributed by atoms with E-state index in [1.54, 1.807) is 34.1 Å². The van der Waals surface area contributed by atoms with Crippen LogP contribution in [0.25, 0.3) is 0 Å². The van der Waals surface area contributed by atoms with E-state index in [0.717, 1.165) is 35.8 Å². The minimum absolute atomic E-state index is 0.0139. The number of likely N-dealkylation sites (tertiary alicyclic amines) is 2. The fraction of sp³-hybridized carbons (Fsp3) is 0.452. The van der Waals surface area contributed by atoms with Crippen LogP contribution in [0.2, 0.25) is 5.02 Å². The Kier molecular flexibility index (Phi) is 12.9. The number of amides is 5. The molecular weight excluding hydrogens is 807 g/mol. The molecule has 0 saturated carbocycles. The van der Waals surface area contributed by atoms with Gasteiger partial charge in [-0.25, -0.2) is 14.4 Å². The van der Waals surface area contributed by atoms with Crippen molar-refractivity contribution in [2.45, 2.75) is 63.4 Å². The first kappa shape index (κ1) is 42.4. The third kappa shape index (κ3) is 9.83. The third-order valence-corrected chi connectivity index (χ3v) is 11.8. The maximum absolute atomic E-state index is 14.1. The molecule has 3 aromatic rings. The molecule has 0 bridgehead atoms. The zero-order valence-corrected chi connectivity index (χ0v) is 33.7. The first-order valence-corrected chi connectivity index (χ1v) is 20.5. The summed E-state index contributed by atoms with van der Waals surface area (Å²) in [6.45, 7) is 3.20. The molecule has 1 atom stereocenters. The molecule has 0 radical (unpaired) electrons. The maximum atomic E-state index is 14.1. The maximum Gasteiger partial charge on any atom is 0.418 e. The van der Waals surface area contributed by atoms with Crippen molar-refractivity contribution in [2.24, 2.45) is 0 Å². The molecule has 0 aliphatic carbocycles. The average Bonchev–Trinajstić information content (AvgIpc) is 3.24. The Morgan fingerprint density at radius 2 is 1.62 bits per heavy atom. The van der Waals surface area contributed by atoms with Crippen LogP contribution in [0.15, 0.2) is 60.7 Å². The van der Waals surface area contributed by atoms with Crippen LogP contribution in [0.3, 0.4) is 0 Å². The lowest BCUT2D eigenvalue weighted by Crippen LogP contribution is -2.54. The highest BCUT2D eigenvalue weighted by Crippen LogP contribution is 2.38. The Morgan fingerprint density at radius 3 is 2.32 bits per heavy atom. The number of urea groups is 1. The molecule has 0 spiro atoms. The molecule has 3 aromatic carbocycles. The molecule has 4 aliphatic rings. The van der Waals surface area contributed by atoms with Crippen LogP contribution in [0, 0.1) is 0 Å². The molecule has 3 fully saturated rings. The summed E-state index contributed by atoms with van der Waals surface area (Å²) in [5.41, 5.74) is 6.77. The summed E-state index contributed by atoms with van der Waals surface area (Å²) in [6.07, 6.45) is -4.26. The number of benzene rings is 3. The zero-order chi connectivity index (χ0) is 42.6. The minimum Gasteiger partial charge on any atom is -0.460 e. The lowest BCUT2D eigenvalue weighted by Gasteiger charge is -2.40. The summed E-state index contributed by atoms with van der Waals surface area (Å²) in [4.78, 5) is 73.8. The van der Waals surface area contributed by atoms with E-state index < -0.39 is 41.5 Å². The van der Waals surface area contributed by atoms with E-state index in [-0.39, 0.29) is 67.8 Å². The number of ether oxygens (including phenoxy) is 2.